The van der Waals surface area contributed by atoms with Crippen molar-refractivity contribution in [2.24, 2.45) is 0 Å². The summed E-state index contributed by atoms with van der Waals surface area (Å²) in [6.45, 7) is 6.97. The summed E-state index contributed by atoms with van der Waals surface area (Å²) in [5, 5.41) is 19.0. The Labute approximate surface area is 171 Å². The number of phenols is 1. The van der Waals surface area contributed by atoms with Crippen molar-refractivity contribution < 1.29 is 29.0 Å². The van der Waals surface area contributed by atoms with Crippen LogP contribution >= 0.6 is 0 Å². The average Bonchev–Trinajstić information content (AvgIpc) is 2.64. The van der Waals surface area contributed by atoms with Crippen molar-refractivity contribution in [1.29, 1.82) is 5.41 Å². The normalized spacial score (nSPS) is 13.0. The summed E-state index contributed by atoms with van der Waals surface area (Å²) in [7, 11) is 0. The summed E-state index contributed by atoms with van der Waals surface area (Å²) in [6.07, 6.45) is -0.581. The number of carbonyl (C=O) groups is 3. The van der Waals surface area contributed by atoms with E-state index in [9.17, 15) is 19.5 Å². The van der Waals surface area contributed by atoms with Crippen molar-refractivity contribution in [1.82, 2.24) is 5.32 Å². The molecule has 8 heteroatoms. The van der Waals surface area contributed by atoms with E-state index < -0.39 is 29.8 Å². The topological polar surface area (TPSA) is 126 Å². The quantitative estimate of drug-likeness (QED) is 0.361. The van der Waals surface area contributed by atoms with Gasteiger partial charge in [0.2, 0.25) is 5.91 Å². The van der Waals surface area contributed by atoms with Crippen LogP contribution in [0.3, 0.4) is 0 Å². The van der Waals surface area contributed by atoms with Crippen molar-refractivity contribution in [3.63, 3.8) is 0 Å². The van der Waals surface area contributed by atoms with Gasteiger partial charge < -0.3 is 25.3 Å². The highest BCUT2D eigenvalue weighted by atomic mass is 16.5. The lowest BCUT2D eigenvalue weighted by Gasteiger charge is -2.24. The third kappa shape index (κ3) is 9.34. The Bertz CT molecular complexity index is 700. The lowest BCUT2D eigenvalue weighted by Crippen LogP contribution is -2.48. The molecular formula is C21H30N2O6. The highest BCUT2D eigenvalue weighted by Gasteiger charge is 2.28. The number of amides is 1. The fraction of sp³-hybridized carbons (Fsp3) is 0.524. The third-order valence-corrected chi connectivity index (χ3v) is 3.88. The number of ketones is 1. The summed E-state index contributed by atoms with van der Waals surface area (Å²) in [6, 6.07) is 5.39. The van der Waals surface area contributed by atoms with Crippen LogP contribution in [0.2, 0.25) is 0 Å². The van der Waals surface area contributed by atoms with E-state index >= 15 is 0 Å². The molecule has 0 radical (unpaired) electrons. The van der Waals surface area contributed by atoms with E-state index in [1.165, 1.54) is 12.1 Å². The lowest BCUT2D eigenvalue weighted by atomic mass is 10.0. The van der Waals surface area contributed by atoms with E-state index in [4.69, 9.17) is 14.9 Å². The largest absolute Gasteiger partial charge is 0.508 e. The average molecular weight is 406 g/mol. The molecular weight excluding hydrogens is 376 g/mol. The Hall–Kier alpha value is -2.74. The molecule has 29 heavy (non-hydrogen) atoms. The minimum atomic E-state index is -1.02. The Morgan fingerprint density at radius 1 is 1.10 bits per heavy atom. The molecule has 0 heterocycles. The number of ether oxygens (including phenoxy) is 2. The highest BCUT2D eigenvalue weighted by Crippen LogP contribution is 2.14. The summed E-state index contributed by atoms with van der Waals surface area (Å²) < 4.78 is 10.9. The number of rotatable bonds is 12. The molecule has 1 amide bonds. The van der Waals surface area contributed by atoms with Crippen LogP contribution in [0.15, 0.2) is 24.3 Å². The maximum absolute atomic E-state index is 12.8. The van der Waals surface area contributed by atoms with Gasteiger partial charge in [0.05, 0.1) is 18.4 Å². The molecule has 0 unspecified atom stereocenters. The van der Waals surface area contributed by atoms with Crippen LogP contribution in [0.25, 0.3) is 0 Å². The predicted molar refractivity (Wildman–Crippen MR) is 108 cm³/mol. The molecule has 0 aromatic heterocycles. The zero-order valence-corrected chi connectivity index (χ0v) is 17.3. The highest BCUT2D eigenvalue weighted by molar-refractivity contribution is 6.26. The lowest BCUT2D eigenvalue weighted by molar-refractivity contribution is -0.153. The van der Waals surface area contributed by atoms with Crippen LogP contribution in [-0.2, 0) is 30.3 Å². The van der Waals surface area contributed by atoms with Crippen LogP contribution in [0.4, 0.5) is 0 Å². The number of nitrogens with one attached hydrogen (secondary N) is 2. The SMILES string of the molecule is CC(C)OC(=O)[C@H](CCC(=O)C=N)NC(=O)[C@H](Cc1ccc(O)cc1)OC(C)C. The van der Waals surface area contributed by atoms with Gasteiger partial charge in [0.25, 0.3) is 0 Å². The molecule has 1 rings (SSSR count). The molecule has 1 aromatic rings. The number of phenolic OH excluding ortho intramolecular Hbond substituents is 1. The van der Waals surface area contributed by atoms with Crippen molar-refractivity contribution in [3.8, 4) is 5.75 Å². The second-order valence-electron chi connectivity index (χ2n) is 7.24. The van der Waals surface area contributed by atoms with Gasteiger partial charge in [-0.2, -0.15) is 0 Å². The molecule has 0 fully saturated rings. The second-order valence-corrected chi connectivity index (χ2v) is 7.24. The van der Waals surface area contributed by atoms with E-state index in [1.807, 2.05) is 0 Å². The van der Waals surface area contributed by atoms with Crippen molar-refractivity contribution in [2.45, 2.75) is 71.3 Å². The second kappa shape index (κ2) is 12.0. The summed E-state index contributed by atoms with van der Waals surface area (Å²) >= 11 is 0. The predicted octanol–water partition coefficient (Wildman–Crippen LogP) is 2.16. The van der Waals surface area contributed by atoms with Gasteiger partial charge in [0.15, 0.2) is 5.78 Å². The van der Waals surface area contributed by atoms with E-state index in [2.05, 4.69) is 5.32 Å². The van der Waals surface area contributed by atoms with Gasteiger partial charge in [-0.15, -0.1) is 0 Å². The first-order valence-corrected chi connectivity index (χ1v) is 9.59. The number of esters is 1. The smallest absolute Gasteiger partial charge is 0.328 e. The van der Waals surface area contributed by atoms with Gasteiger partial charge in [-0.3, -0.25) is 9.59 Å². The molecule has 0 aliphatic heterocycles. The first-order chi connectivity index (χ1) is 13.6. The molecule has 0 spiro atoms. The van der Waals surface area contributed by atoms with Crippen LogP contribution in [-0.4, -0.2) is 53.3 Å². The number of Topliss-reactive ketones (excluding diaryl/α,β-unsaturated/α-hetero) is 1. The number of hydrogen-bond acceptors (Lipinski definition) is 7. The Kier molecular flexibility index (Phi) is 10.0. The van der Waals surface area contributed by atoms with Gasteiger partial charge in [0, 0.05) is 12.8 Å². The molecule has 160 valence electrons. The molecule has 2 atom stereocenters. The standard InChI is InChI=1S/C21H30N2O6/c1-13(2)28-19(11-15-5-7-16(24)8-6-15)20(26)23-18(10-9-17(25)12-22)21(27)29-14(3)4/h5-8,12-14,18-19,22,24H,9-11H2,1-4H3,(H,23,26)/t18-,19-/m0/s1. The van der Waals surface area contributed by atoms with Gasteiger partial charge >= 0.3 is 5.97 Å². The molecule has 0 aliphatic rings. The monoisotopic (exact) mass is 406 g/mol. The maximum Gasteiger partial charge on any atom is 0.328 e. The van der Waals surface area contributed by atoms with Crippen molar-refractivity contribution in [2.75, 3.05) is 0 Å². The summed E-state index contributed by atoms with van der Waals surface area (Å²) in [5.74, 6) is -1.47. The van der Waals surface area contributed by atoms with Crippen molar-refractivity contribution >= 4 is 23.9 Å². The van der Waals surface area contributed by atoms with E-state index in [1.54, 1.807) is 39.8 Å². The number of aromatic hydroxyl groups is 1. The Morgan fingerprint density at radius 3 is 2.24 bits per heavy atom. The molecule has 0 saturated heterocycles. The van der Waals surface area contributed by atoms with Gasteiger partial charge in [-0.05, 0) is 51.8 Å². The fourth-order valence-electron chi connectivity index (χ4n) is 2.56. The van der Waals surface area contributed by atoms with Crippen LogP contribution in [0.5, 0.6) is 5.75 Å². The number of benzene rings is 1. The number of hydrogen-bond donors (Lipinski definition) is 3. The van der Waals surface area contributed by atoms with Crippen molar-refractivity contribution in [3.05, 3.63) is 29.8 Å². The molecule has 0 saturated carbocycles. The van der Waals surface area contributed by atoms with E-state index in [0.29, 0.717) is 6.21 Å². The Morgan fingerprint density at radius 2 is 1.72 bits per heavy atom. The molecule has 0 aliphatic carbocycles. The molecule has 0 bridgehead atoms. The molecule has 1 aromatic carbocycles. The maximum atomic E-state index is 12.8. The van der Waals surface area contributed by atoms with Crippen LogP contribution in [0, 0.1) is 5.41 Å². The van der Waals surface area contributed by atoms with E-state index in [-0.39, 0.29) is 37.2 Å². The van der Waals surface area contributed by atoms with E-state index in [0.717, 1.165) is 5.56 Å². The summed E-state index contributed by atoms with van der Waals surface area (Å²) in [4.78, 5) is 36.6. The first-order valence-electron chi connectivity index (χ1n) is 9.59. The minimum Gasteiger partial charge on any atom is -0.508 e. The summed E-state index contributed by atoms with van der Waals surface area (Å²) in [5.41, 5.74) is 0.781. The zero-order chi connectivity index (χ0) is 22.0. The van der Waals surface area contributed by atoms with Gasteiger partial charge in [-0.25, -0.2) is 4.79 Å². The van der Waals surface area contributed by atoms with Gasteiger partial charge in [-0.1, -0.05) is 12.1 Å². The Balaban J connectivity index is 2.92. The molecule has 3 N–H and O–H groups in total. The van der Waals surface area contributed by atoms with Gasteiger partial charge in [0.1, 0.15) is 17.9 Å². The zero-order valence-electron chi connectivity index (χ0n) is 17.3. The fourth-order valence-corrected chi connectivity index (χ4v) is 2.56. The van der Waals surface area contributed by atoms with Crippen LogP contribution < -0.4 is 5.32 Å². The number of carbonyl (C=O) groups excluding carboxylic acids is 3. The third-order valence-electron chi connectivity index (χ3n) is 3.88. The molecule has 8 nitrogen and oxygen atoms in total. The van der Waals surface area contributed by atoms with Crippen LogP contribution in [0.1, 0.15) is 46.1 Å². The minimum absolute atomic E-state index is 0.0269. The first kappa shape index (κ1) is 24.3.